The molecule has 1 N–H and O–H groups in total. The van der Waals surface area contributed by atoms with Gasteiger partial charge in [-0.2, -0.15) is 0 Å². The Morgan fingerprint density at radius 2 is 1.55 bits per heavy atom. The van der Waals surface area contributed by atoms with Crippen LogP contribution in [0.15, 0.2) is 72.3 Å². The maximum Gasteiger partial charge on any atom is 0.249 e. The summed E-state index contributed by atoms with van der Waals surface area (Å²) in [5.41, 5.74) is 2.85. The van der Waals surface area contributed by atoms with Crippen LogP contribution in [0.1, 0.15) is 31.9 Å². The van der Waals surface area contributed by atoms with E-state index >= 15 is 0 Å². The van der Waals surface area contributed by atoms with E-state index in [2.05, 4.69) is 17.4 Å². The van der Waals surface area contributed by atoms with E-state index in [-0.39, 0.29) is 30.3 Å². The van der Waals surface area contributed by atoms with Gasteiger partial charge >= 0.3 is 0 Å². The van der Waals surface area contributed by atoms with Gasteiger partial charge in [0.2, 0.25) is 18.2 Å². The van der Waals surface area contributed by atoms with Crippen LogP contribution in [0.5, 0.6) is 0 Å². The monoisotopic (exact) mass is 449 g/mol. The molecule has 0 spiro atoms. The Labute approximate surface area is 197 Å². The Balaban J connectivity index is 2.22. The van der Waals surface area contributed by atoms with Gasteiger partial charge < -0.3 is 15.1 Å². The van der Waals surface area contributed by atoms with Gasteiger partial charge in [0.25, 0.3) is 0 Å². The van der Waals surface area contributed by atoms with Gasteiger partial charge in [-0.25, -0.2) is 0 Å². The van der Waals surface area contributed by atoms with Crippen LogP contribution in [0.2, 0.25) is 0 Å². The van der Waals surface area contributed by atoms with Crippen LogP contribution in [-0.2, 0) is 27.3 Å². The summed E-state index contributed by atoms with van der Waals surface area (Å²) in [4.78, 5) is 39.9. The molecule has 2 aromatic carbocycles. The van der Waals surface area contributed by atoms with Crippen LogP contribution < -0.4 is 5.32 Å². The van der Waals surface area contributed by atoms with Crippen LogP contribution in [0.4, 0.5) is 0 Å². The van der Waals surface area contributed by atoms with E-state index in [1.807, 2.05) is 73.4 Å². The van der Waals surface area contributed by atoms with E-state index in [9.17, 15) is 14.4 Å². The summed E-state index contributed by atoms with van der Waals surface area (Å²) < 4.78 is 0. The molecule has 0 bridgehead atoms. The first kappa shape index (κ1) is 25.8. The minimum absolute atomic E-state index is 0.0488. The van der Waals surface area contributed by atoms with E-state index < -0.39 is 0 Å². The number of hydrogen-bond acceptors (Lipinski definition) is 3. The highest BCUT2D eigenvalue weighted by molar-refractivity contribution is 5.93. The number of nitrogens with one attached hydrogen (secondary N) is 1. The Bertz CT molecular complexity index is 926. The second kappa shape index (κ2) is 13.2. The molecule has 176 valence electrons. The third-order valence-corrected chi connectivity index (χ3v) is 5.64. The number of amides is 3. The Kier molecular flexibility index (Phi) is 10.3. The highest BCUT2D eigenvalue weighted by atomic mass is 16.2. The lowest BCUT2D eigenvalue weighted by Gasteiger charge is -2.30. The fourth-order valence-electron chi connectivity index (χ4n) is 3.71. The third-order valence-electron chi connectivity index (χ3n) is 5.64. The molecule has 0 saturated heterocycles. The molecule has 2 rings (SSSR count). The number of carbonyl (C=O) groups excluding carboxylic acids is 3. The first-order valence-corrected chi connectivity index (χ1v) is 11.3. The van der Waals surface area contributed by atoms with Crippen LogP contribution >= 0.6 is 0 Å². The highest BCUT2D eigenvalue weighted by Crippen LogP contribution is 2.16. The van der Waals surface area contributed by atoms with Gasteiger partial charge in [-0.3, -0.25) is 14.4 Å². The molecular weight excluding hydrogens is 414 g/mol. The largest absolute Gasteiger partial charge is 0.350 e. The molecule has 0 aliphatic heterocycles. The predicted octanol–water partition coefficient (Wildman–Crippen LogP) is 3.43. The number of carbonyl (C=O) groups is 3. The summed E-state index contributed by atoms with van der Waals surface area (Å²) >= 11 is 0. The summed E-state index contributed by atoms with van der Waals surface area (Å²) in [5, 5.41) is 2.41. The zero-order valence-electron chi connectivity index (χ0n) is 20.0. The molecule has 0 aromatic heterocycles. The predicted molar refractivity (Wildman–Crippen MR) is 131 cm³/mol. The van der Waals surface area contributed by atoms with Gasteiger partial charge in [0.15, 0.2) is 0 Å². The highest BCUT2D eigenvalue weighted by Gasteiger charge is 2.23. The second-order valence-electron chi connectivity index (χ2n) is 8.54. The minimum atomic E-state index is -0.261. The Morgan fingerprint density at radius 1 is 0.970 bits per heavy atom. The SMILES string of the molecule is CC(=C[C@H](C(C)C)N(C)C(=O)CNC=O)C(=O)N(CCc1ccccc1)Cc1ccccc1. The maximum absolute atomic E-state index is 13.5. The van der Waals surface area contributed by atoms with Crippen molar-refractivity contribution in [2.75, 3.05) is 20.1 Å². The van der Waals surface area contributed by atoms with E-state index in [4.69, 9.17) is 0 Å². The fourth-order valence-corrected chi connectivity index (χ4v) is 3.71. The van der Waals surface area contributed by atoms with Crippen molar-refractivity contribution in [1.29, 1.82) is 0 Å². The van der Waals surface area contributed by atoms with Gasteiger partial charge in [-0.1, -0.05) is 80.6 Å². The average molecular weight is 450 g/mol. The molecule has 0 unspecified atom stereocenters. The summed E-state index contributed by atoms with van der Waals surface area (Å²) in [7, 11) is 1.70. The quantitative estimate of drug-likeness (QED) is 0.399. The van der Waals surface area contributed by atoms with E-state index in [0.29, 0.717) is 25.1 Å². The smallest absolute Gasteiger partial charge is 0.249 e. The molecule has 0 fully saturated rings. The molecular formula is C27H35N3O3. The second-order valence-corrected chi connectivity index (χ2v) is 8.54. The lowest BCUT2D eigenvalue weighted by Crippen LogP contribution is -2.44. The summed E-state index contributed by atoms with van der Waals surface area (Å²) in [5.74, 6) is -0.153. The van der Waals surface area contributed by atoms with E-state index in [0.717, 1.165) is 12.0 Å². The lowest BCUT2D eigenvalue weighted by atomic mass is 9.99. The van der Waals surface area contributed by atoms with Crippen molar-refractivity contribution >= 4 is 18.2 Å². The Morgan fingerprint density at radius 3 is 2.09 bits per heavy atom. The molecule has 0 saturated carbocycles. The molecule has 0 aliphatic rings. The number of benzene rings is 2. The first-order chi connectivity index (χ1) is 15.8. The standard InChI is InChI=1S/C27H35N3O3/c1-21(2)25(29(4)26(32)18-28-20-31)17-22(3)27(33)30(19-24-13-9-6-10-14-24)16-15-23-11-7-5-8-12-23/h5-14,17,20-21,25H,15-16,18-19H2,1-4H3,(H,28,31)/t25-/m1/s1. The van der Waals surface area contributed by atoms with Crippen LogP contribution in [0.3, 0.4) is 0 Å². The van der Waals surface area contributed by atoms with Gasteiger partial charge in [-0.15, -0.1) is 0 Å². The first-order valence-electron chi connectivity index (χ1n) is 11.3. The maximum atomic E-state index is 13.5. The van der Waals surface area contributed by atoms with Crippen molar-refractivity contribution in [2.45, 2.75) is 39.8 Å². The lowest BCUT2D eigenvalue weighted by molar-refractivity contribution is -0.132. The molecule has 33 heavy (non-hydrogen) atoms. The summed E-state index contributed by atoms with van der Waals surface area (Å²) in [6.45, 7) is 6.86. The number of hydrogen-bond donors (Lipinski definition) is 1. The average Bonchev–Trinajstić information content (AvgIpc) is 2.83. The van der Waals surface area contributed by atoms with E-state index in [1.165, 1.54) is 5.56 Å². The molecule has 2 aromatic rings. The van der Waals surface area contributed by atoms with Crippen molar-refractivity contribution < 1.29 is 14.4 Å². The van der Waals surface area contributed by atoms with Gasteiger partial charge in [-0.05, 0) is 30.4 Å². The van der Waals surface area contributed by atoms with Crippen molar-refractivity contribution in [3.63, 3.8) is 0 Å². The third kappa shape index (κ3) is 8.22. The topological polar surface area (TPSA) is 69.7 Å². The van der Waals surface area contributed by atoms with Gasteiger partial charge in [0, 0.05) is 25.7 Å². The molecule has 0 radical (unpaired) electrons. The number of rotatable bonds is 12. The zero-order valence-corrected chi connectivity index (χ0v) is 20.0. The molecule has 1 atom stereocenters. The van der Waals surface area contributed by atoms with Crippen LogP contribution in [0, 0.1) is 5.92 Å². The number of nitrogens with zero attached hydrogens (tertiary/aromatic N) is 2. The van der Waals surface area contributed by atoms with Crippen molar-refractivity contribution in [3.05, 3.63) is 83.4 Å². The Hall–Kier alpha value is -3.41. The number of likely N-dealkylation sites (N-methyl/N-ethyl adjacent to an activating group) is 1. The van der Waals surface area contributed by atoms with Gasteiger partial charge in [0.05, 0.1) is 12.6 Å². The van der Waals surface area contributed by atoms with E-state index in [1.54, 1.807) is 18.9 Å². The summed E-state index contributed by atoms with van der Waals surface area (Å²) in [6, 6.07) is 19.8. The van der Waals surface area contributed by atoms with Crippen molar-refractivity contribution in [1.82, 2.24) is 15.1 Å². The zero-order chi connectivity index (χ0) is 24.2. The normalized spacial score (nSPS) is 12.2. The summed E-state index contributed by atoms with van der Waals surface area (Å²) in [6.07, 6.45) is 3.14. The molecule has 6 heteroatoms. The van der Waals surface area contributed by atoms with Crippen LogP contribution in [-0.4, -0.2) is 54.2 Å². The molecule has 6 nitrogen and oxygen atoms in total. The molecule has 0 aliphatic carbocycles. The van der Waals surface area contributed by atoms with Gasteiger partial charge in [0.1, 0.15) is 0 Å². The molecule has 3 amide bonds. The van der Waals surface area contributed by atoms with Crippen LogP contribution in [0.25, 0.3) is 0 Å². The van der Waals surface area contributed by atoms with Crippen molar-refractivity contribution in [3.8, 4) is 0 Å². The van der Waals surface area contributed by atoms with Crippen molar-refractivity contribution in [2.24, 2.45) is 5.92 Å². The fraction of sp³-hybridized carbons (Fsp3) is 0.370. The molecule has 0 heterocycles. The minimum Gasteiger partial charge on any atom is -0.350 e.